The number of rotatable bonds is 3. The molecule has 0 spiro atoms. The van der Waals surface area contributed by atoms with Crippen LogP contribution >= 0.6 is 0 Å². The Labute approximate surface area is 103 Å². The first kappa shape index (κ1) is 11.8. The molecule has 1 atom stereocenters. The van der Waals surface area contributed by atoms with E-state index in [9.17, 15) is 0 Å². The van der Waals surface area contributed by atoms with Gasteiger partial charge in [0.1, 0.15) is 0 Å². The van der Waals surface area contributed by atoms with E-state index in [-0.39, 0.29) is 6.04 Å². The highest BCUT2D eigenvalue weighted by molar-refractivity contribution is 5.27. The number of pyridine rings is 1. The molecule has 1 aromatic carbocycles. The highest BCUT2D eigenvalue weighted by atomic mass is 14.7. The first-order chi connectivity index (χ1) is 8.16. The van der Waals surface area contributed by atoms with E-state index < -0.39 is 0 Å². The van der Waals surface area contributed by atoms with Gasteiger partial charge >= 0.3 is 0 Å². The van der Waals surface area contributed by atoms with Crippen LogP contribution < -0.4 is 5.73 Å². The van der Waals surface area contributed by atoms with E-state index >= 15 is 0 Å². The van der Waals surface area contributed by atoms with E-state index in [1.807, 2.05) is 12.3 Å². The van der Waals surface area contributed by atoms with Gasteiger partial charge in [0.2, 0.25) is 0 Å². The quantitative estimate of drug-likeness (QED) is 0.874. The molecule has 1 aromatic heterocycles. The van der Waals surface area contributed by atoms with Crippen molar-refractivity contribution in [2.24, 2.45) is 5.73 Å². The SMILES string of the molecule is Cc1cccc(C(N)Cc2ncccc2C)c1. The van der Waals surface area contributed by atoms with Crippen molar-refractivity contribution in [3.8, 4) is 0 Å². The van der Waals surface area contributed by atoms with E-state index in [0.29, 0.717) is 0 Å². The molecule has 0 saturated carbocycles. The van der Waals surface area contributed by atoms with Crippen molar-refractivity contribution < 1.29 is 0 Å². The van der Waals surface area contributed by atoms with Gasteiger partial charge in [0.15, 0.2) is 0 Å². The molecule has 0 aliphatic carbocycles. The molecule has 2 rings (SSSR count). The van der Waals surface area contributed by atoms with Crippen molar-refractivity contribution in [2.45, 2.75) is 26.3 Å². The third-order valence-electron chi connectivity index (χ3n) is 3.00. The zero-order valence-corrected chi connectivity index (χ0v) is 10.4. The van der Waals surface area contributed by atoms with E-state index in [0.717, 1.165) is 12.1 Å². The number of hydrogen-bond acceptors (Lipinski definition) is 2. The molecule has 2 N–H and O–H groups in total. The molecule has 1 heterocycles. The second kappa shape index (κ2) is 5.11. The third-order valence-corrected chi connectivity index (χ3v) is 3.00. The van der Waals surface area contributed by atoms with Gasteiger partial charge in [-0.05, 0) is 31.0 Å². The normalized spacial score (nSPS) is 12.4. The first-order valence-electron chi connectivity index (χ1n) is 5.89. The molecule has 2 aromatic rings. The summed E-state index contributed by atoms with van der Waals surface area (Å²) >= 11 is 0. The van der Waals surface area contributed by atoms with Crippen molar-refractivity contribution in [1.29, 1.82) is 0 Å². The van der Waals surface area contributed by atoms with Crippen molar-refractivity contribution in [1.82, 2.24) is 4.98 Å². The number of hydrogen-bond donors (Lipinski definition) is 1. The highest BCUT2D eigenvalue weighted by Crippen LogP contribution is 2.17. The molecule has 0 amide bonds. The van der Waals surface area contributed by atoms with Gasteiger partial charge in [0.05, 0.1) is 0 Å². The summed E-state index contributed by atoms with van der Waals surface area (Å²) in [7, 11) is 0. The fourth-order valence-corrected chi connectivity index (χ4v) is 1.96. The van der Waals surface area contributed by atoms with Crippen LogP contribution in [0.3, 0.4) is 0 Å². The molecule has 0 aliphatic heterocycles. The average molecular weight is 226 g/mol. The van der Waals surface area contributed by atoms with E-state index in [1.54, 1.807) is 0 Å². The maximum atomic E-state index is 6.22. The summed E-state index contributed by atoms with van der Waals surface area (Å²) in [6.45, 7) is 4.16. The second-order valence-electron chi connectivity index (χ2n) is 4.49. The van der Waals surface area contributed by atoms with Crippen molar-refractivity contribution in [2.75, 3.05) is 0 Å². The van der Waals surface area contributed by atoms with E-state index in [4.69, 9.17) is 5.73 Å². The number of aryl methyl sites for hydroxylation is 2. The minimum Gasteiger partial charge on any atom is -0.324 e. The van der Waals surface area contributed by atoms with E-state index in [1.165, 1.54) is 16.7 Å². The van der Waals surface area contributed by atoms with Crippen LogP contribution in [0.1, 0.15) is 28.4 Å². The summed E-state index contributed by atoms with van der Waals surface area (Å²) in [5.41, 5.74) is 10.9. The van der Waals surface area contributed by atoms with Crippen LogP contribution in [0.5, 0.6) is 0 Å². The van der Waals surface area contributed by atoms with Crippen LogP contribution in [0.2, 0.25) is 0 Å². The Bertz CT molecular complexity index is 506. The zero-order valence-electron chi connectivity index (χ0n) is 10.4. The number of benzene rings is 1. The number of nitrogens with two attached hydrogens (primary N) is 1. The fourth-order valence-electron chi connectivity index (χ4n) is 1.96. The van der Waals surface area contributed by atoms with Crippen LogP contribution in [0.15, 0.2) is 42.6 Å². The summed E-state index contributed by atoms with van der Waals surface area (Å²) in [4.78, 5) is 4.39. The lowest BCUT2D eigenvalue weighted by Crippen LogP contribution is -2.14. The fraction of sp³-hybridized carbons (Fsp3) is 0.267. The Balaban J connectivity index is 2.17. The molecule has 2 nitrogen and oxygen atoms in total. The third kappa shape index (κ3) is 2.92. The van der Waals surface area contributed by atoms with Crippen LogP contribution in [-0.4, -0.2) is 4.98 Å². The monoisotopic (exact) mass is 226 g/mol. The van der Waals surface area contributed by atoms with Crippen LogP contribution in [0.4, 0.5) is 0 Å². The molecule has 1 unspecified atom stereocenters. The van der Waals surface area contributed by atoms with Crippen molar-refractivity contribution in [3.63, 3.8) is 0 Å². The molecule has 0 radical (unpaired) electrons. The van der Waals surface area contributed by atoms with Crippen molar-refractivity contribution in [3.05, 3.63) is 65.0 Å². The molecule has 0 aliphatic rings. The molecule has 0 bridgehead atoms. The lowest BCUT2D eigenvalue weighted by atomic mass is 9.99. The number of nitrogens with zero attached hydrogens (tertiary/aromatic N) is 1. The Kier molecular flexibility index (Phi) is 3.55. The van der Waals surface area contributed by atoms with Crippen LogP contribution in [-0.2, 0) is 6.42 Å². The molecule has 2 heteroatoms. The highest BCUT2D eigenvalue weighted by Gasteiger charge is 2.09. The molecular weight excluding hydrogens is 208 g/mol. The van der Waals surface area contributed by atoms with Gasteiger partial charge in [-0.15, -0.1) is 0 Å². The van der Waals surface area contributed by atoms with Gasteiger partial charge in [0.25, 0.3) is 0 Å². The van der Waals surface area contributed by atoms with Crippen molar-refractivity contribution >= 4 is 0 Å². The van der Waals surface area contributed by atoms with Gasteiger partial charge in [-0.25, -0.2) is 0 Å². The van der Waals surface area contributed by atoms with Crippen LogP contribution in [0, 0.1) is 13.8 Å². The predicted octanol–water partition coefficient (Wildman–Crippen LogP) is 2.94. The van der Waals surface area contributed by atoms with Gasteiger partial charge < -0.3 is 5.73 Å². The van der Waals surface area contributed by atoms with Gasteiger partial charge in [-0.2, -0.15) is 0 Å². The maximum Gasteiger partial charge on any atom is 0.0451 e. The lowest BCUT2D eigenvalue weighted by molar-refractivity contribution is 0.702. The predicted molar refractivity (Wildman–Crippen MR) is 70.8 cm³/mol. The molecule has 88 valence electrons. The second-order valence-corrected chi connectivity index (χ2v) is 4.49. The van der Waals surface area contributed by atoms with Gasteiger partial charge in [0, 0.05) is 24.4 Å². The maximum absolute atomic E-state index is 6.22. The van der Waals surface area contributed by atoms with Gasteiger partial charge in [-0.3, -0.25) is 4.98 Å². The molecule has 0 fully saturated rings. The standard InChI is InChI=1S/C15H18N2/c1-11-5-3-7-13(9-11)14(16)10-15-12(2)6-4-8-17-15/h3-9,14H,10,16H2,1-2H3. The van der Waals surface area contributed by atoms with Crippen LogP contribution in [0.25, 0.3) is 0 Å². The summed E-state index contributed by atoms with van der Waals surface area (Å²) < 4.78 is 0. The Morgan fingerprint density at radius 2 is 2.00 bits per heavy atom. The summed E-state index contributed by atoms with van der Waals surface area (Å²) in [5, 5.41) is 0. The molecule has 0 saturated heterocycles. The minimum atomic E-state index is 0.0171. The summed E-state index contributed by atoms with van der Waals surface area (Å²) in [6.07, 6.45) is 2.61. The Hall–Kier alpha value is -1.67. The molecular formula is C15H18N2. The average Bonchev–Trinajstić information content (AvgIpc) is 2.32. The number of aromatic nitrogens is 1. The Morgan fingerprint density at radius 1 is 1.18 bits per heavy atom. The zero-order chi connectivity index (χ0) is 12.3. The first-order valence-corrected chi connectivity index (χ1v) is 5.89. The molecule has 17 heavy (non-hydrogen) atoms. The minimum absolute atomic E-state index is 0.0171. The van der Waals surface area contributed by atoms with E-state index in [2.05, 4.69) is 49.2 Å². The van der Waals surface area contributed by atoms with Gasteiger partial charge in [-0.1, -0.05) is 35.9 Å². The topological polar surface area (TPSA) is 38.9 Å². The lowest BCUT2D eigenvalue weighted by Gasteiger charge is -2.13. The largest absolute Gasteiger partial charge is 0.324 e. The Morgan fingerprint density at radius 3 is 2.71 bits per heavy atom. The summed E-state index contributed by atoms with van der Waals surface area (Å²) in [6, 6.07) is 12.4. The summed E-state index contributed by atoms with van der Waals surface area (Å²) in [5.74, 6) is 0. The smallest absolute Gasteiger partial charge is 0.0451 e.